The van der Waals surface area contributed by atoms with Crippen LogP contribution < -0.4 is 10.2 Å². The number of hydrogen-bond donors (Lipinski definition) is 1. The van der Waals surface area contributed by atoms with Crippen LogP contribution in [-0.2, 0) is 16.1 Å². The second kappa shape index (κ2) is 4.53. The van der Waals surface area contributed by atoms with Crippen molar-refractivity contribution in [3.63, 3.8) is 0 Å². The minimum Gasteiger partial charge on any atom is -0.316 e. The zero-order valence-corrected chi connectivity index (χ0v) is 11.0. The topological polar surface area (TPSA) is 49.4 Å². The number of carbonyl (C=O) groups is 2. The highest BCUT2D eigenvalue weighted by Crippen LogP contribution is 2.36. The molecule has 0 bridgehead atoms. The molecule has 1 fully saturated rings. The van der Waals surface area contributed by atoms with Gasteiger partial charge >= 0.3 is 0 Å². The number of imide groups is 1. The van der Waals surface area contributed by atoms with Gasteiger partial charge in [0.15, 0.2) is 0 Å². The van der Waals surface area contributed by atoms with Gasteiger partial charge in [0.25, 0.3) is 0 Å². The molecule has 0 radical (unpaired) electrons. The first-order chi connectivity index (χ1) is 8.47. The third-order valence-corrected chi connectivity index (χ3v) is 3.22. The van der Waals surface area contributed by atoms with Crippen LogP contribution in [0.15, 0.2) is 24.3 Å². The van der Waals surface area contributed by atoms with E-state index in [4.69, 9.17) is 0 Å². The Bertz CT molecular complexity index is 494. The molecule has 2 rings (SSSR count). The summed E-state index contributed by atoms with van der Waals surface area (Å²) in [7, 11) is 1.84. The van der Waals surface area contributed by atoms with E-state index in [2.05, 4.69) is 5.32 Å². The molecule has 0 saturated carbocycles. The average molecular weight is 246 g/mol. The van der Waals surface area contributed by atoms with E-state index in [0.29, 0.717) is 12.2 Å². The molecule has 0 unspecified atom stereocenters. The molecular weight excluding hydrogens is 228 g/mol. The van der Waals surface area contributed by atoms with E-state index in [-0.39, 0.29) is 18.2 Å². The Labute approximate surface area is 107 Å². The summed E-state index contributed by atoms with van der Waals surface area (Å²) >= 11 is 0. The predicted molar refractivity (Wildman–Crippen MR) is 70.1 cm³/mol. The molecule has 1 aliphatic heterocycles. The smallest absolute Gasteiger partial charge is 0.239 e. The lowest BCUT2D eigenvalue weighted by atomic mass is 9.92. The third kappa shape index (κ3) is 2.04. The molecule has 1 aromatic rings. The van der Waals surface area contributed by atoms with Crippen LogP contribution >= 0.6 is 0 Å². The first-order valence-electron chi connectivity index (χ1n) is 6.07. The molecule has 1 N–H and O–H groups in total. The molecule has 0 aliphatic carbocycles. The molecule has 1 aliphatic rings. The summed E-state index contributed by atoms with van der Waals surface area (Å²) in [5.41, 5.74) is 1.07. The minimum absolute atomic E-state index is 0.115. The molecule has 1 saturated heterocycles. The summed E-state index contributed by atoms with van der Waals surface area (Å²) in [5.74, 6) is -0.232. The Balaban J connectivity index is 2.43. The second-order valence-corrected chi connectivity index (χ2v) is 5.25. The number of para-hydroxylation sites is 1. The molecule has 4 heteroatoms. The van der Waals surface area contributed by atoms with Crippen molar-refractivity contribution >= 4 is 17.5 Å². The highest BCUT2D eigenvalue weighted by atomic mass is 16.2. The summed E-state index contributed by atoms with van der Waals surface area (Å²) in [5, 5.41) is 3.05. The van der Waals surface area contributed by atoms with E-state index in [0.717, 1.165) is 5.56 Å². The summed E-state index contributed by atoms with van der Waals surface area (Å²) in [4.78, 5) is 25.6. The van der Waals surface area contributed by atoms with Crippen LogP contribution in [-0.4, -0.2) is 18.9 Å². The molecule has 18 heavy (non-hydrogen) atoms. The van der Waals surface area contributed by atoms with Crippen LogP contribution in [0, 0.1) is 5.41 Å². The van der Waals surface area contributed by atoms with Crippen molar-refractivity contribution < 1.29 is 9.59 Å². The number of hydrogen-bond acceptors (Lipinski definition) is 3. The van der Waals surface area contributed by atoms with Crippen molar-refractivity contribution in [2.45, 2.75) is 26.8 Å². The van der Waals surface area contributed by atoms with Gasteiger partial charge in [0.2, 0.25) is 11.8 Å². The van der Waals surface area contributed by atoms with Gasteiger partial charge in [-0.25, -0.2) is 4.90 Å². The summed E-state index contributed by atoms with van der Waals surface area (Å²) in [6.45, 7) is 4.26. The fraction of sp³-hybridized carbons (Fsp3) is 0.429. The van der Waals surface area contributed by atoms with Crippen LogP contribution in [0.2, 0.25) is 0 Å². The third-order valence-electron chi connectivity index (χ3n) is 3.22. The van der Waals surface area contributed by atoms with E-state index >= 15 is 0 Å². The summed E-state index contributed by atoms with van der Waals surface area (Å²) in [6, 6.07) is 7.51. The van der Waals surface area contributed by atoms with E-state index < -0.39 is 5.41 Å². The van der Waals surface area contributed by atoms with Gasteiger partial charge in [-0.05, 0) is 18.7 Å². The van der Waals surface area contributed by atoms with Crippen molar-refractivity contribution in [3.8, 4) is 0 Å². The Morgan fingerprint density at radius 3 is 2.50 bits per heavy atom. The number of carbonyl (C=O) groups excluding carboxylic acids is 2. The molecule has 0 atom stereocenters. The van der Waals surface area contributed by atoms with Gasteiger partial charge < -0.3 is 5.32 Å². The van der Waals surface area contributed by atoms with Crippen molar-refractivity contribution in [2.75, 3.05) is 11.9 Å². The maximum Gasteiger partial charge on any atom is 0.239 e. The molecule has 0 aromatic heterocycles. The first-order valence-corrected chi connectivity index (χ1v) is 6.07. The Hall–Kier alpha value is -1.68. The van der Waals surface area contributed by atoms with Crippen molar-refractivity contribution in [3.05, 3.63) is 29.8 Å². The van der Waals surface area contributed by atoms with Gasteiger partial charge in [-0.15, -0.1) is 0 Å². The standard InChI is InChI=1S/C14H18N2O2/c1-14(2)8-12(17)16(13(14)18)11-7-5-4-6-10(11)9-15-3/h4-7,15H,8-9H2,1-3H3. The molecular formula is C14H18N2O2. The fourth-order valence-corrected chi connectivity index (χ4v) is 2.26. The van der Waals surface area contributed by atoms with Gasteiger partial charge in [0, 0.05) is 13.0 Å². The normalized spacial score (nSPS) is 18.5. The second-order valence-electron chi connectivity index (χ2n) is 5.25. The van der Waals surface area contributed by atoms with E-state index in [1.807, 2.05) is 45.2 Å². The Kier molecular flexibility index (Phi) is 3.22. The van der Waals surface area contributed by atoms with Crippen LogP contribution in [0.4, 0.5) is 5.69 Å². The zero-order chi connectivity index (χ0) is 13.3. The van der Waals surface area contributed by atoms with Crippen molar-refractivity contribution in [2.24, 2.45) is 5.41 Å². The number of benzene rings is 1. The van der Waals surface area contributed by atoms with E-state index in [1.54, 1.807) is 0 Å². The van der Waals surface area contributed by atoms with Gasteiger partial charge in [0.05, 0.1) is 11.1 Å². The van der Waals surface area contributed by atoms with E-state index in [1.165, 1.54) is 4.90 Å². The summed E-state index contributed by atoms with van der Waals surface area (Å²) in [6.07, 6.45) is 0.278. The highest BCUT2D eigenvalue weighted by Gasteiger charge is 2.45. The van der Waals surface area contributed by atoms with Gasteiger partial charge in [0.1, 0.15) is 0 Å². The number of rotatable bonds is 3. The quantitative estimate of drug-likeness (QED) is 0.826. The fourth-order valence-electron chi connectivity index (χ4n) is 2.26. The van der Waals surface area contributed by atoms with Crippen molar-refractivity contribution in [1.82, 2.24) is 5.32 Å². The SMILES string of the molecule is CNCc1ccccc1N1C(=O)CC(C)(C)C1=O. The van der Waals surface area contributed by atoms with Crippen LogP contribution in [0.5, 0.6) is 0 Å². The van der Waals surface area contributed by atoms with Crippen LogP contribution in [0.3, 0.4) is 0 Å². The lowest BCUT2D eigenvalue weighted by Gasteiger charge is -2.20. The lowest BCUT2D eigenvalue weighted by molar-refractivity contribution is -0.124. The predicted octanol–water partition coefficient (Wildman–Crippen LogP) is 1.70. The molecule has 0 spiro atoms. The highest BCUT2D eigenvalue weighted by molar-refractivity contribution is 6.22. The number of nitrogens with zero attached hydrogens (tertiary/aromatic N) is 1. The lowest BCUT2D eigenvalue weighted by Crippen LogP contribution is -2.34. The van der Waals surface area contributed by atoms with Crippen LogP contribution in [0.1, 0.15) is 25.8 Å². The Morgan fingerprint density at radius 2 is 1.94 bits per heavy atom. The largest absolute Gasteiger partial charge is 0.316 e. The van der Waals surface area contributed by atoms with Crippen LogP contribution in [0.25, 0.3) is 0 Å². The first kappa shape index (κ1) is 12.8. The Morgan fingerprint density at radius 1 is 1.28 bits per heavy atom. The molecule has 1 heterocycles. The molecule has 4 nitrogen and oxygen atoms in total. The van der Waals surface area contributed by atoms with Gasteiger partial charge in [-0.3, -0.25) is 9.59 Å². The van der Waals surface area contributed by atoms with E-state index in [9.17, 15) is 9.59 Å². The molecule has 1 aromatic carbocycles. The number of amides is 2. The van der Waals surface area contributed by atoms with Gasteiger partial charge in [-0.2, -0.15) is 0 Å². The maximum absolute atomic E-state index is 12.3. The van der Waals surface area contributed by atoms with Gasteiger partial charge in [-0.1, -0.05) is 32.0 Å². The molecule has 96 valence electrons. The molecule has 2 amide bonds. The maximum atomic E-state index is 12.3. The average Bonchev–Trinajstić information content (AvgIpc) is 2.50. The summed E-state index contributed by atoms with van der Waals surface area (Å²) < 4.78 is 0. The number of anilines is 1. The monoisotopic (exact) mass is 246 g/mol. The zero-order valence-electron chi connectivity index (χ0n) is 11.0. The number of nitrogens with one attached hydrogen (secondary N) is 1. The van der Waals surface area contributed by atoms with Crippen molar-refractivity contribution in [1.29, 1.82) is 0 Å². The minimum atomic E-state index is -0.593.